The van der Waals surface area contributed by atoms with Crippen LogP contribution in [-0.4, -0.2) is 61.4 Å². The Labute approximate surface area is 160 Å². The van der Waals surface area contributed by atoms with Gasteiger partial charge in [0.15, 0.2) is 22.8 Å². The van der Waals surface area contributed by atoms with Crippen molar-refractivity contribution in [3.05, 3.63) is 23.8 Å². The molecule has 0 saturated heterocycles. The highest BCUT2D eigenvalue weighted by Crippen LogP contribution is 2.69. The smallest absolute Gasteiger partial charge is 0.339 e. The van der Waals surface area contributed by atoms with Gasteiger partial charge in [-0.05, 0) is 37.8 Å². The summed E-state index contributed by atoms with van der Waals surface area (Å²) < 4.78 is 16.7. The molecule has 0 unspecified atom stereocenters. The predicted octanol–water partition coefficient (Wildman–Crippen LogP) is 0.323. The zero-order chi connectivity index (χ0) is 20.9. The van der Waals surface area contributed by atoms with E-state index in [2.05, 4.69) is 0 Å². The van der Waals surface area contributed by atoms with Gasteiger partial charge in [0.25, 0.3) is 0 Å². The van der Waals surface area contributed by atoms with Crippen LogP contribution >= 0.6 is 0 Å². The summed E-state index contributed by atoms with van der Waals surface area (Å²) in [6.07, 6.45) is -0.729. The second-order valence-electron chi connectivity index (χ2n) is 9.06. The molecule has 0 aromatic rings. The van der Waals surface area contributed by atoms with Crippen LogP contribution in [0.25, 0.3) is 0 Å². The lowest BCUT2D eigenvalue weighted by atomic mass is 9.44. The summed E-state index contributed by atoms with van der Waals surface area (Å²) in [5.74, 6) is -4.48. The third-order valence-corrected chi connectivity index (χ3v) is 8.03. The molecule has 8 atom stereocenters. The van der Waals surface area contributed by atoms with E-state index in [0.29, 0.717) is 0 Å². The zero-order valence-electron chi connectivity index (χ0n) is 15.6. The maximum absolute atomic E-state index is 16.7. The van der Waals surface area contributed by atoms with Gasteiger partial charge in [-0.15, -0.1) is 0 Å². The Kier molecular flexibility index (Phi) is 3.72. The highest BCUT2D eigenvalue weighted by molar-refractivity contribution is 6.10. The first-order valence-corrected chi connectivity index (χ1v) is 9.33. The number of halogens is 1. The number of aliphatic hydroxyl groups is 3. The molecule has 28 heavy (non-hydrogen) atoms. The minimum atomic E-state index is -2.56. The van der Waals surface area contributed by atoms with E-state index in [1.165, 1.54) is 19.9 Å². The normalized spacial score (nSPS) is 52.6. The highest BCUT2D eigenvalue weighted by Gasteiger charge is 2.77. The molecule has 152 valence electrons. The van der Waals surface area contributed by atoms with Crippen LogP contribution in [0.1, 0.15) is 33.1 Å². The number of carbonyl (C=O) groups excluding carboxylic acids is 2. The third-order valence-electron chi connectivity index (χ3n) is 8.03. The quantitative estimate of drug-likeness (QED) is 0.504. The van der Waals surface area contributed by atoms with E-state index in [4.69, 9.17) is 0 Å². The number of ketones is 2. The van der Waals surface area contributed by atoms with E-state index < -0.39 is 70.1 Å². The molecule has 0 aromatic carbocycles. The Morgan fingerprint density at radius 1 is 1.18 bits per heavy atom. The van der Waals surface area contributed by atoms with Gasteiger partial charge in [0.1, 0.15) is 0 Å². The van der Waals surface area contributed by atoms with Gasteiger partial charge in [0.05, 0.1) is 17.6 Å². The molecule has 3 fully saturated rings. The summed E-state index contributed by atoms with van der Waals surface area (Å²) in [6.45, 7) is 2.87. The van der Waals surface area contributed by atoms with E-state index in [9.17, 15) is 34.8 Å². The summed E-state index contributed by atoms with van der Waals surface area (Å²) in [5, 5.41) is 41.7. The number of aliphatic carboxylic acids is 1. The van der Waals surface area contributed by atoms with Crippen molar-refractivity contribution in [2.75, 3.05) is 0 Å². The van der Waals surface area contributed by atoms with Gasteiger partial charge in [-0.25, -0.2) is 9.18 Å². The van der Waals surface area contributed by atoms with Crippen molar-refractivity contribution in [3.63, 3.8) is 0 Å². The molecule has 0 aliphatic heterocycles. The molecule has 0 radical (unpaired) electrons. The molecule has 7 nitrogen and oxygen atoms in total. The Hall–Kier alpha value is -1.90. The number of rotatable bonds is 1. The molecule has 4 rings (SSSR count). The molecule has 4 N–H and O–H groups in total. The number of alkyl halides is 1. The monoisotopic (exact) mass is 394 g/mol. The first-order chi connectivity index (χ1) is 12.8. The number of carboxylic acid groups (broad SMARTS) is 1. The third kappa shape index (κ3) is 1.86. The van der Waals surface area contributed by atoms with Crippen LogP contribution in [0.3, 0.4) is 0 Å². The number of carboxylic acids is 1. The Morgan fingerprint density at radius 3 is 2.43 bits per heavy atom. The molecule has 4 aliphatic carbocycles. The van der Waals surface area contributed by atoms with Crippen molar-refractivity contribution < 1.29 is 39.2 Å². The fraction of sp³-hybridized carbons (Fsp3) is 0.650. The predicted molar refractivity (Wildman–Crippen MR) is 92.7 cm³/mol. The number of hydrogen-bond acceptors (Lipinski definition) is 6. The van der Waals surface area contributed by atoms with Crippen LogP contribution < -0.4 is 0 Å². The van der Waals surface area contributed by atoms with E-state index in [1.807, 2.05) is 0 Å². The maximum atomic E-state index is 16.7. The van der Waals surface area contributed by atoms with Crippen LogP contribution in [0.2, 0.25) is 0 Å². The lowest BCUT2D eigenvalue weighted by Crippen LogP contribution is -2.70. The second kappa shape index (κ2) is 5.37. The van der Waals surface area contributed by atoms with Crippen molar-refractivity contribution in [2.45, 2.75) is 56.6 Å². The standard InChI is InChI=1S/C20H23FO7/c1-17-4-3-9(22)5-12(17)13(23)6-11-10-7-14(24)20(28,16(26)27)18(10,2)8-15(25)19(11,17)21/h3-5,10-11,14-15,24-25,28H,6-8H2,1-2H3,(H,26,27)/t10-,11-,14+,15-,17-,18-,19-,20-/m0/s1. The van der Waals surface area contributed by atoms with Crippen molar-refractivity contribution in [1.29, 1.82) is 0 Å². The van der Waals surface area contributed by atoms with Crippen molar-refractivity contribution in [2.24, 2.45) is 22.7 Å². The molecule has 3 saturated carbocycles. The molecule has 4 aliphatic rings. The fourth-order valence-electron chi connectivity index (χ4n) is 6.44. The minimum Gasteiger partial charge on any atom is -0.479 e. The average molecular weight is 394 g/mol. The summed E-state index contributed by atoms with van der Waals surface area (Å²) in [5.41, 5.74) is -8.00. The topological polar surface area (TPSA) is 132 Å². The number of allylic oxidation sites excluding steroid dienone is 4. The lowest BCUT2D eigenvalue weighted by Gasteiger charge is -2.61. The van der Waals surface area contributed by atoms with Crippen LogP contribution in [0.4, 0.5) is 4.39 Å². The van der Waals surface area contributed by atoms with Gasteiger partial charge in [-0.1, -0.05) is 13.0 Å². The van der Waals surface area contributed by atoms with Gasteiger partial charge in [0.2, 0.25) is 0 Å². The maximum Gasteiger partial charge on any atom is 0.339 e. The van der Waals surface area contributed by atoms with E-state index >= 15 is 4.39 Å². The summed E-state index contributed by atoms with van der Waals surface area (Å²) in [7, 11) is 0. The number of Topliss-reactive ketones (excluding diaryl/α,β-unsaturated/α-hetero) is 1. The summed E-state index contributed by atoms with van der Waals surface area (Å²) >= 11 is 0. The van der Waals surface area contributed by atoms with Gasteiger partial charge in [-0.3, -0.25) is 9.59 Å². The van der Waals surface area contributed by atoms with E-state index in [1.54, 1.807) is 0 Å². The number of aliphatic hydroxyl groups excluding tert-OH is 2. The lowest BCUT2D eigenvalue weighted by molar-refractivity contribution is -0.227. The van der Waals surface area contributed by atoms with Gasteiger partial charge in [0, 0.05) is 23.3 Å². The van der Waals surface area contributed by atoms with Crippen molar-refractivity contribution >= 4 is 17.5 Å². The first kappa shape index (κ1) is 19.4. The number of hydrogen-bond donors (Lipinski definition) is 4. The average Bonchev–Trinajstić information content (AvgIpc) is 2.81. The molecule has 0 aromatic heterocycles. The summed E-state index contributed by atoms with van der Waals surface area (Å²) in [4.78, 5) is 36.4. The number of carbonyl (C=O) groups is 3. The van der Waals surface area contributed by atoms with Crippen LogP contribution in [0.5, 0.6) is 0 Å². The molecular weight excluding hydrogens is 371 g/mol. The van der Waals surface area contributed by atoms with Crippen LogP contribution in [0.15, 0.2) is 23.8 Å². The summed E-state index contributed by atoms with van der Waals surface area (Å²) in [6, 6.07) is 0. The minimum absolute atomic E-state index is 0.00607. The molecule has 0 heterocycles. The Morgan fingerprint density at radius 2 is 1.82 bits per heavy atom. The van der Waals surface area contributed by atoms with E-state index in [0.717, 1.165) is 12.2 Å². The zero-order valence-corrected chi connectivity index (χ0v) is 15.6. The van der Waals surface area contributed by atoms with Crippen molar-refractivity contribution in [1.82, 2.24) is 0 Å². The van der Waals surface area contributed by atoms with Gasteiger partial charge >= 0.3 is 5.97 Å². The molecule has 0 bridgehead atoms. The SMILES string of the molecule is C[C@]12C=CC(=O)C=C1C(=O)C[C@H]1[C@@H]3C[C@@H](O)[C@](O)(C(=O)O)[C@@]3(C)C[C@H](O)[C@@]12F. The second-order valence-corrected chi connectivity index (χ2v) is 9.06. The molecular formula is C20H23FO7. The molecule has 8 heteroatoms. The fourth-order valence-corrected chi connectivity index (χ4v) is 6.44. The van der Waals surface area contributed by atoms with Crippen LogP contribution in [0, 0.1) is 22.7 Å². The van der Waals surface area contributed by atoms with Crippen molar-refractivity contribution in [3.8, 4) is 0 Å². The Bertz CT molecular complexity index is 865. The van der Waals surface area contributed by atoms with Crippen LogP contribution in [-0.2, 0) is 14.4 Å². The molecule has 0 spiro atoms. The molecule has 0 amide bonds. The Balaban J connectivity index is 1.90. The first-order valence-electron chi connectivity index (χ1n) is 9.33. The highest BCUT2D eigenvalue weighted by atomic mass is 19.1. The number of fused-ring (bicyclic) bond motifs is 5. The van der Waals surface area contributed by atoms with Gasteiger partial charge < -0.3 is 20.4 Å². The van der Waals surface area contributed by atoms with Gasteiger partial charge in [-0.2, -0.15) is 0 Å². The van der Waals surface area contributed by atoms with E-state index in [-0.39, 0.29) is 18.4 Å². The largest absolute Gasteiger partial charge is 0.479 e.